The number of halogens is 1. The molecule has 3 aromatic carbocycles. The summed E-state index contributed by atoms with van der Waals surface area (Å²) in [6.45, 7) is 0.467. The Morgan fingerprint density at radius 3 is 2.25 bits per heavy atom. The molecule has 1 aliphatic heterocycles. The van der Waals surface area contributed by atoms with E-state index in [0.29, 0.717) is 40.2 Å². The van der Waals surface area contributed by atoms with Crippen LogP contribution in [0.15, 0.2) is 72.8 Å². The Labute approximate surface area is 220 Å². The van der Waals surface area contributed by atoms with Crippen molar-refractivity contribution in [1.82, 2.24) is 4.90 Å². The molecule has 7 nitrogen and oxygen atoms in total. The molecule has 0 saturated carbocycles. The monoisotopic (exact) mass is 523 g/mol. The number of methoxy groups -OCH3 is 2. The molecule has 1 unspecified atom stereocenters. The molecule has 0 aliphatic carbocycles. The first kappa shape index (κ1) is 25.5. The maximum Gasteiger partial charge on any atom is 0.256 e. The minimum absolute atomic E-state index is 0.0509. The van der Waals surface area contributed by atoms with Crippen LogP contribution < -0.4 is 19.7 Å². The second-order valence-electron chi connectivity index (χ2n) is 8.22. The van der Waals surface area contributed by atoms with Crippen LogP contribution in [0.2, 0.25) is 5.02 Å². The molecule has 1 saturated heterocycles. The summed E-state index contributed by atoms with van der Waals surface area (Å²) in [5.41, 5.74) is 2.25. The summed E-state index contributed by atoms with van der Waals surface area (Å²) in [6, 6.07) is 20.9. The van der Waals surface area contributed by atoms with Crippen LogP contribution in [0.4, 0.5) is 11.4 Å². The van der Waals surface area contributed by atoms with E-state index in [1.54, 1.807) is 62.8 Å². The standard InChI is InChI=1S/C27H26ClN3O4S/c1-34-22-10-6-18(7-11-22)14-15-30-24(17-25(32)29-20-8-12-23(35-2)13-9-20)26(33)31(27(30)36)21-5-3-4-19(28)16-21/h3-13,16,24H,14-15,17H2,1-2H3,(H,29,32). The highest BCUT2D eigenvalue weighted by molar-refractivity contribution is 7.80. The molecule has 3 aromatic rings. The molecule has 186 valence electrons. The lowest BCUT2D eigenvalue weighted by molar-refractivity contribution is -0.124. The van der Waals surface area contributed by atoms with Gasteiger partial charge in [0.15, 0.2) is 5.11 Å². The molecular weight excluding hydrogens is 498 g/mol. The largest absolute Gasteiger partial charge is 0.497 e. The minimum Gasteiger partial charge on any atom is -0.497 e. The van der Waals surface area contributed by atoms with E-state index in [1.165, 1.54) is 4.90 Å². The first-order valence-electron chi connectivity index (χ1n) is 11.4. The summed E-state index contributed by atoms with van der Waals surface area (Å²) in [5, 5.41) is 3.70. The van der Waals surface area contributed by atoms with Crippen molar-refractivity contribution >= 4 is 52.1 Å². The van der Waals surface area contributed by atoms with Crippen LogP contribution >= 0.6 is 23.8 Å². The number of carbonyl (C=O) groups excluding carboxylic acids is 2. The van der Waals surface area contributed by atoms with Crippen LogP contribution in [0.1, 0.15) is 12.0 Å². The van der Waals surface area contributed by atoms with Gasteiger partial charge in [-0.15, -0.1) is 0 Å². The maximum atomic E-state index is 13.5. The van der Waals surface area contributed by atoms with E-state index in [4.69, 9.17) is 33.3 Å². The average molecular weight is 524 g/mol. The molecule has 9 heteroatoms. The third kappa shape index (κ3) is 5.78. The van der Waals surface area contributed by atoms with Gasteiger partial charge in [0.05, 0.1) is 26.3 Å². The van der Waals surface area contributed by atoms with E-state index in [2.05, 4.69) is 5.32 Å². The summed E-state index contributed by atoms with van der Waals surface area (Å²) in [6.07, 6.45) is 0.585. The number of hydrogen-bond acceptors (Lipinski definition) is 5. The number of carbonyl (C=O) groups is 2. The molecule has 1 aliphatic rings. The Balaban J connectivity index is 1.54. The van der Waals surface area contributed by atoms with Crippen molar-refractivity contribution in [3.63, 3.8) is 0 Å². The maximum absolute atomic E-state index is 13.5. The number of nitrogens with one attached hydrogen (secondary N) is 1. The zero-order valence-electron chi connectivity index (χ0n) is 19.9. The van der Waals surface area contributed by atoms with Crippen LogP contribution in [0.25, 0.3) is 0 Å². The van der Waals surface area contributed by atoms with E-state index >= 15 is 0 Å². The highest BCUT2D eigenvalue weighted by Crippen LogP contribution is 2.29. The van der Waals surface area contributed by atoms with Crippen molar-refractivity contribution in [1.29, 1.82) is 0 Å². The number of benzene rings is 3. The van der Waals surface area contributed by atoms with E-state index in [0.717, 1.165) is 11.3 Å². The summed E-state index contributed by atoms with van der Waals surface area (Å²) < 4.78 is 10.4. The zero-order valence-corrected chi connectivity index (χ0v) is 21.5. The fraction of sp³-hybridized carbons (Fsp3) is 0.222. The number of nitrogens with zero attached hydrogens (tertiary/aromatic N) is 2. The molecule has 1 N–H and O–H groups in total. The van der Waals surface area contributed by atoms with Gasteiger partial charge in [-0.05, 0) is 78.8 Å². The normalized spacial score (nSPS) is 15.2. The van der Waals surface area contributed by atoms with Crippen molar-refractivity contribution in [2.75, 3.05) is 31.0 Å². The average Bonchev–Trinajstić information content (AvgIpc) is 3.11. The van der Waals surface area contributed by atoms with Gasteiger partial charge in [-0.1, -0.05) is 29.8 Å². The molecule has 36 heavy (non-hydrogen) atoms. The van der Waals surface area contributed by atoms with E-state index in [1.807, 2.05) is 29.2 Å². The number of rotatable bonds is 9. The fourth-order valence-corrected chi connectivity index (χ4v) is 4.64. The molecule has 4 rings (SSSR count). The predicted molar refractivity (Wildman–Crippen MR) is 145 cm³/mol. The summed E-state index contributed by atoms with van der Waals surface area (Å²) in [7, 11) is 3.20. The smallest absolute Gasteiger partial charge is 0.256 e. The molecule has 1 heterocycles. The van der Waals surface area contributed by atoms with Gasteiger partial charge in [-0.3, -0.25) is 14.5 Å². The highest BCUT2D eigenvalue weighted by Gasteiger charge is 2.44. The van der Waals surface area contributed by atoms with Gasteiger partial charge in [0.2, 0.25) is 5.91 Å². The van der Waals surface area contributed by atoms with Crippen molar-refractivity contribution in [2.45, 2.75) is 18.9 Å². The predicted octanol–water partition coefficient (Wildman–Crippen LogP) is 4.93. The molecule has 0 bridgehead atoms. The number of thiocarbonyl (C=S) groups is 1. The molecular formula is C27H26ClN3O4S. The van der Waals surface area contributed by atoms with Crippen LogP contribution in [-0.4, -0.2) is 48.6 Å². The lowest BCUT2D eigenvalue weighted by Crippen LogP contribution is -2.39. The summed E-state index contributed by atoms with van der Waals surface area (Å²) >= 11 is 11.9. The van der Waals surface area contributed by atoms with Crippen LogP contribution in [0, 0.1) is 0 Å². The van der Waals surface area contributed by atoms with Crippen molar-refractivity contribution in [3.8, 4) is 11.5 Å². The van der Waals surface area contributed by atoms with Gasteiger partial charge < -0.3 is 19.7 Å². The van der Waals surface area contributed by atoms with Crippen molar-refractivity contribution < 1.29 is 19.1 Å². The first-order valence-corrected chi connectivity index (χ1v) is 12.1. The third-order valence-corrected chi connectivity index (χ3v) is 6.59. The number of hydrogen-bond donors (Lipinski definition) is 1. The molecule has 2 amide bonds. The fourth-order valence-electron chi connectivity index (χ4n) is 4.04. The Morgan fingerprint density at radius 2 is 1.64 bits per heavy atom. The van der Waals surface area contributed by atoms with Crippen LogP contribution in [-0.2, 0) is 16.0 Å². The topological polar surface area (TPSA) is 71.1 Å². The Hall–Kier alpha value is -3.62. The Morgan fingerprint density at radius 1 is 1.00 bits per heavy atom. The molecule has 0 aromatic heterocycles. The molecule has 0 spiro atoms. The highest BCUT2D eigenvalue weighted by atomic mass is 35.5. The number of ether oxygens (including phenoxy) is 2. The summed E-state index contributed by atoms with van der Waals surface area (Å²) in [4.78, 5) is 29.8. The molecule has 0 radical (unpaired) electrons. The van der Waals surface area contributed by atoms with E-state index in [-0.39, 0.29) is 18.2 Å². The first-order chi connectivity index (χ1) is 17.4. The van der Waals surface area contributed by atoms with Gasteiger partial charge in [0, 0.05) is 17.3 Å². The second kappa shape index (κ2) is 11.4. The van der Waals surface area contributed by atoms with Gasteiger partial charge in [0.1, 0.15) is 17.5 Å². The van der Waals surface area contributed by atoms with Gasteiger partial charge in [0.25, 0.3) is 5.91 Å². The zero-order chi connectivity index (χ0) is 25.7. The van der Waals surface area contributed by atoms with Crippen molar-refractivity contribution in [2.24, 2.45) is 0 Å². The van der Waals surface area contributed by atoms with E-state index < -0.39 is 6.04 Å². The lowest BCUT2D eigenvalue weighted by atomic mass is 10.1. The van der Waals surface area contributed by atoms with Crippen LogP contribution in [0.5, 0.6) is 11.5 Å². The van der Waals surface area contributed by atoms with Gasteiger partial charge in [-0.2, -0.15) is 0 Å². The van der Waals surface area contributed by atoms with Gasteiger partial charge in [-0.25, -0.2) is 0 Å². The SMILES string of the molecule is COc1ccc(CCN2C(=S)N(c3cccc(Cl)c3)C(=O)C2CC(=O)Nc2ccc(OC)cc2)cc1. The third-order valence-electron chi connectivity index (χ3n) is 5.94. The number of anilines is 2. The van der Waals surface area contributed by atoms with Gasteiger partial charge >= 0.3 is 0 Å². The second-order valence-corrected chi connectivity index (χ2v) is 9.03. The van der Waals surface area contributed by atoms with Crippen LogP contribution in [0.3, 0.4) is 0 Å². The number of amides is 2. The Bertz CT molecular complexity index is 1250. The minimum atomic E-state index is -0.743. The molecule has 1 fully saturated rings. The molecule has 1 atom stereocenters. The van der Waals surface area contributed by atoms with Crippen molar-refractivity contribution in [3.05, 3.63) is 83.4 Å². The Kier molecular flexibility index (Phi) is 8.07. The lowest BCUT2D eigenvalue weighted by Gasteiger charge is -2.24. The van der Waals surface area contributed by atoms with E-state index in [9.17, 15) is 9.59 Å². The quantitative estimate of drug-likeness (QED) is 0.401. The summed E-state index contributed by atoms with van der Waals surface area (Å²) in [5.74, 6) is 0.905.